The third-order valence-corrected chi connectivity index (χ3v) is 6.33. The minimum atomic E-state index is -0.167. The summed E-state index contributed by atoms with van der Waals surface area (Å²) in [5.74, 6) is 1.36. The van der Waals surface area contributed by atoms with Gasteiger partial charge in [-0.05, 0) is 61.7 Å². The van der Waals surface area contributed by atoms with E-state index in [4.69, 9.17) is 9.26 Å². The molecule has 33 heavy (non-hydrogen) atoms. The van der Waals surface area contributed by atoms with Crippen molar-refractivity contribution < 1.29 is 18.8 Å². The summed E-state index contributed by atoms with van der Waals surface area (Å²) in [6.07, 6.45) is 1.17. The second-order valence-electron chi connectivity index (χ2n) is 8.65. The first-order valence-corrected chi connectivity index (χ1v) is 11.2. The summed E-state index contributed by atoms with van der Waals surface area (Å²) in [4.78, 5) is 33.1. The number of rotatable bonds is 5. The van der Waals surface area contributed by atoms with Crippen LogP contribution in [0.4, 0.5) is 11.4 Å². The number of ether oxygens (including phenoxy) is 1. The molecule has 0 spiro atoms. The molecule has 2 aromatic carbocycles. The highest BCUT2D eigenvalue weighted by Crippen LogP contribution is 2.37. The van der Waals surface area contributed by atoms with E-state index in [0.29, 0.717) is 42.7 Å². The third kappa shape index (κ3) is 3.86. The number of amides is 2. The summed E-state index contributed by atoms with van der Waals surface area (Å²) in [5.41, 5.74) is 4.68. The van der Waals surface area contributed by atoms with Gasteiger partial charge < -0.3 is 19.1 Å². The van der Waals surface area contributed by atoms with Crippen molar-refractivity contribution in [1.82, 2.24) is 10.1 Å². The molecule has 0 radical (unpaired) electrons. The van der Waals surface area contributed by atoms with Crippen LogP contribution in [0.5, 0.6) is 5.75 Å². The Hall–Kier alpha value is -3.68. The number of nitrogens with zero attached hydrogens (tertiary/aromatic N) is 4. The van der Waals surface area contributed by atoms with E-state index < -0.39 is 0 Å². The third-order valence-electron chi connectivity index (χ3n) is 6.33. The van der Waals surface area contributed by atoms with Crippen LogP contribution in [-0.4, -0.2) is 41.7 Å². The maximum Gasteiger partial charge on any atom is 0.265 e. The summed E-state index contributed by atoms with van der Waals surface area (Å²) in [5, 5.41) is 4.16. The molecule has 2 aliphatic heterocycles. The van der Waals surface area contributed by atoms with E-state index in [1.165, 1.54) is 5.56 Å². The number of benzene rings is 2. The molecule has 0 saturated carbocycles. The molecule has 0 N–H and O–H groups in total. The van der Waals surface area contributed by atoms with Gasteiger partial charge in [-0.3, -0.25) is 9.59 Å². The van der Waals surface area contributed by atoms with E-state index in [1.807, 2.05) is 50.2 Å². The van der Waals surface area contributed by atoms with Crippen molar-refractivity contribution in [2.75, 3.05) is 29.5 Å². The van der Waals surface area contributed by atoms with E-state index in [2.05, 4.69) is 17.1 Å². The molecule has 3 heterocycles. The smallest absolute Gasteiger partial charge is 0.265 e. The van der Waals surface area contributed by atoms with Gasteiger partial charge in [-0.1, -0.05) is 18.1 Å². The summed E-state index contributed by atoms with van der Waals surface area (Å²) in [6.45, 7) is 7.29. The number of carbonyl (C=O) groups excluding carboxylic acids is 2. The van der Waals surface area contributed by atoms with Gasteiger partial charge in [0, 0.05) is 30.8 Å². The van der Waals surface area contributed by atoms with Crippen molar-refractivity contribution in [3.8, 4) is 17.1 Å². The SMILES string of the molecule is CCCN1C(=O)COc2ccc(-c3noc(C4CC(=O)N(c5ccc(C)c(C)c5)C4)n3)cc21. The monoisotopic (exact) mass is 446 g/mol. The molecule has 0 bridgehead atoms. The highest BCUT2D eigenvalue weighted by Gasteiger charge is 2.35. The van der Waals surface area contributed by atoms with E-state index >= 15 is 0 Å². The zero-order chi connectivity index (χ0) is 23.1. The molecule has 1 fully saturated rings. The van der Waals surface area contributed by atoms with E-state index in [0.717, 1.165) is 23.2 Å². The molecular formula is C25H26N4O4. The Morgan fingerprint density at radius 1 is 1.06 bits per heavy atom. The molecule has 2 amide bonds. The number of aromatic nitrogens is 2. The van der Waals surface area contributed by atoms with Gasteiger partial charge in [0.2, 0.25) is 17.6 Å². The molecule has 0 aliphatic carbocycles. The van der Waals surface area contributed by atoms with Crippen LogP contribution in [-0.2, 0) is 9.59 Å². The number of hydrogen-bond acceptors (Lipinski definition) is 6. The summed E-state index contributed by atoms with van der Waals surface area (Å²) >= 11 is 0. The minimum absolute atomic E-state index is 0.0441. The van der Waals surface area contributed by atoms with Crippen LogP contribution in [0.3, 0.4) is 0 Å². The van der Waals surface area contributed by atoms with Crippen LogP contribution in [0.2, 0.25) is 0 Å². The van der Waals surface area contributed by atoms with Crippen molar-refractivity contribution in [3.63, 3.8) is 0 Å². The summed E-state index contributed by atoms with van der Waals surface area (Å²) in [7, 11) is 0. The van der Waals surface area contributed by atoms with Crippen LogP contribution < -0.4 is 14.5 Å². The lowest BCUT2D eigenvalue weighted by molar-refractivity contribution is -0.121. The van der Waals surface area contributed by atoms with Crippen LogP contribution in [0, 0.1) is 13.8 Å². The van der Waals surface area contributed by atoms with E-state index in [-0.39, 0.29) is 24.3 Å². The number of fused-ring (bicyclic) bond motifs is 1. The van der Waals surface area contributed by atoms with Crippen molar-refractivity contribution >= 4 is 23.2 Å². The van der Waals surface area contributed by atoms with E-state index in [1.54, 1.807) is 9.80 Å². The Morgan fingerprint density at radius 2 is 1.91 bits per heavy atom. The lowest BCUT2D eigenvalue weighted by Gasteiger charge is -2.29. The van der Waals surface area contributed by atoms with Gasteiger partial charge in [-0.15, -0.1) is 0 Å². The molecule has 8 heteroatoms. The van der Waals surface area contributed by atoms with Gasteiger partial charge in [-0.25, -0.2) is 0 Å². The van der Waals surface area contributed by atoms with Crippen molar-refractivity contribution in [1.29, 1.82) is 0 Å². The van der Waals surface area contributed by atoms with E-state index in [9.17, 15) is 9.59 Å². The quantitative estimate of drug-likeness (QED) is 0.588. The number of carbonyl (C=O) groups is 2. The molecule has 1 saturated heterocycles. The fraction of sp³-hybridized carbons (Fsp3) is 0.360. The number of anilines is 2. The van der Waals surface area contributed by atoms with Crippen LogP contribution in [0.25, 0.3) is 11.4 Å². The molecule has 1 aromatic heterocycles. The molecule has 3 aromatic rings. The minimum Gasteiger partial charge on any atom is -0.482 e. The predicted molar refractivity (Wildman–Crippen MR) is 124 cm³/mol. The summed E-state index contributed by atoms with van der Waals surface area (Å²) in [6, 6.07) is 11.6. The Kier molecular flexibility index (Phi) is 5.36. The highest BCUT2D eigenvalue weighted by atomic mass is 16.5. The first-order chi connectivity index (χ1) is 15.9. The van der Waals surface area contributed by atoms with Crippen LogP contribution in [0.1, 0.15) is 42.7 Å². The summed E-state index contributed by atoms with van der Waals surface area (Å²) < 4.78 is 11.1. The van der Waals surface area contributed by atoms with Gasteiger partial charge in [0.05, 0.1) is 11.6 Å². The first-order valence-electron chi connectivity index (χ1n) is 11.2. The number of hydrogen-bond donors (Lipinski definition) is 0. The van der Waals surface area contributed by atoms with Crippen molar-refractivity contribution in [2.24, 2.45) is 0 Å². The highest BCUT2D eigenvalue weighted by molar-refractivity contribution is 5.98. The standard InChI is InChI=1S/C25H26N4O4/c1-4-9-28-20-11-17(6-8-21(20)32-14-23(28)31)24-26-25(33-27-24)18-12-22(30)29(13-18)19-7-5-15(2)16(3)10-19/h5-8,10-11,18H,4,9,12-14H2,1-3H3. The maximum absolute atomic E-state index is 12.7. The molecule has 1 unspecified atom stereocenters. The topological polar surface area (TPSA) is 88.8 Å². The average Bonchev–Trinajstić information content (AvgIpc) is 3.44. The molecule has 170 valence electrons. The molecule has 5 rings (SSSR count). The molecule has 1 atom stereocenters. The average molecular weight is 447 g/mol. The fourth-order valence-corrected chi connectivity index (χ4v) is 4.34. The Balaban J connectivity index is 1.38. The molecular weight excluding hydrogens is 420 g/mol. The zero-order valence-corrected chi connectivity index (χ0v) is 19.0. The van der Waals surface area contributed by atoms with Gasteiger partial charge >= 0.3 is 0 Å². The molecule has 2 aliphatic rings. The normalized spacial score (nSPS) is 18.0. The van der Waals surface area contributed by atoms with Crippen molar-refractivity contribution in [3.05, 3.63) is 53.4 Å². The Morgan fingerprint density at radius 3 is 2.70 bits per heavy atom. The van der Waals surface area contributed by atoms with Gasteiger partial charge in [0.15, 0.2) is 6.61 Å². The van der Waals surface area contributed by atoms with Gasteiger partial charge in [0.1, 0.15) is 5.75 Å². The second kappa shape index (κ2) is 8.35. The fourth-order valence-electron chi connectivity index (χ4n) is 4.34. The largest absolute Gasteiger partial charge is 0.482 e. The van der Waals surface area contributed by atoms with Crippen molar-refractivity contribution in [2.45, 2.75) is 39.5 Å². The zero-order valence-electron chi connectivity index (χ0n) is 19.0. The first kappa shape index (κ1) is 21.2. The maximum atomic E-state index is 12.7. The Bertz CT molecular complexity index is 1230. The van der Waals surface area contributed by atoms with Gasteiger partial charge in [0.25, 0.3) is 5.91 Å². The lowest BCUT2D eigenvalue weighted by atomic mass is 10.1. The van der Waals surface area contributed by atoms with Crippen LogP contribution in [0.15, 0.2) is 40.9 Å². The Labute approximate surface area is 192 Å². The lowest BCUT2D eigenvalue weighted by Crippen LogP contribution is -2.39. The van der Waals surface area contributed by atoms with Crippen LogP contribution >= 0.6 is 0 Å². The number of aryl methyl sites for hydroxylation is 2. The second-order valence-corrected chi connectivity index (χ2v) is 8.65. The predicted octanol–water partition coefficient (Wildman–Crippen LogP) is 4.01. The molecule has 8 nitrogen and oxygen atoms in total. The van der Waals surface area contributed by atoms with Gasteiger partial charge in [-0.2, -0.15) is 4.98 Å².